The van der Waals surface area contributed by atoms with Gasteiger partial charge >= 0.3 is 0 Å². The summed E-state index contributed by atoms with van der Waals surface area (Å²) in [6.45, 7) is 2.38. The SMILES string of the molecule is CN1CC[C@H](n2nnc(-c3cc4c(cc3F)S(=O)(=O)C[C@H](N)CN4Cc3ccc(Cl)cc3)n2)C1. The zero-order valence-corrected chi connectivity index (χ0v) is 20.2. The molecular weight excluding hydrogens is 481 g/mol. The number of fused-ring (bicyclic) bond motifs is 1. The molecule has 0 spiro atoms. The number of likely N-dealkylation sites (N-methyl/N-ethyl adjacent to an activating group) is 1. The van der Waals surface area contributed by atoms with E-state index in [0.29, 0.717) is 17.3 Å². The molecule has 0 unspecified atom stereocenters. The van der Waals surface area contributed by atoms with Crippen LogP contribution in [-0.4, -0.2) is 72.0 Å². The number of anilines is 1. The number of nitrogens with two attached hydrogens (primary N) is 1. The second-order valence-corrected chi connectivity index (χ2v) is 11.4. The van der Waals surface area contributed by atoms with Crippen molar-refractivity contribution in [1.82, 2.24) is 25.1 Å². The third-order valence-corrected chi connectivity index (χ3v) is 8.38. The molecule has 0 radical (unpaired) electrons. The lowest BCUT2D eigenvalue weighted by Crippen LogP contribution is -2.39. The first-order valence-electron chi connectivity index (χ1n) is 11.0. The molecular formula is C22H25ClFN7O2S. The van der Waals surface area contributed by atoms with E-state index < -0.39 is 21.7 Å². The van der Waals surface area contributed by atoms with Gasteiger partial charge in [-0.3, -0.25) is 0 Å². The summed E-state index contributed by atoms with van der Waals surface area (Å²) in [6, 6.07) is 9.25. The van der Waals surface area contributed by atoms with E-state index in [-0.39, 0.29) is 34.6 Å². The van der Waals surface area contributed by atoms with Gasteiger partial charge in [0, 0.05) is 37.2 Å². The van der Waals surface area contributed by atoms with Crippen LogP contribution >= 0.6 is 11.6 Å². The van der Waals surface area contributed by atoms with Crippen LogP contribution in [0.15, 0.2) is 41.3 Å². The fourth-order valence-corrected chi connectivity index (χ4v) is 6.33. The maximum absolute atomic E-state index is 15.2. The summed E-state index contributed by atoms with van der Waals surface area (Å²) in [5.74, 6) is -0.862. The summed E-state index contributed by atoms with van der Waals surface area (Å²) in [6.07, 6.45) is 0.879. The highest BCUT2D eigenvalue weighted by atomic mass is 35.5. The quantitative estimate of drug-likeness (QED) is 0.574. The molecule has 9 nitrogen and oxygen atoms in total. The van der Waals surface area contributed by atoms with Crippen LogP contribution in [0.1, 0.15) is 18.0 Å². The average molecular weight is 506 g/mol. The Hall–Kier alpha value is -2.60. The van der Waals surface area contributed by atoms with Crippen molar-refractivity contribution >= 4 is 27.1 Å². The van der Waals surface area contributed by atoms with Crippen LogP contribution < -0.4 is 10.6 Å². The zero-order chi connectivity index (χ0) is 24.0. The van der Waals surface area contributed by atoms with Crippen molar-refractivity contribution in [2.75, 3.05) is 37.3 Å². The van der Waals surface area contributed by atoms with E-state index in [1.807, 2.05) is 24.1 Å². The Morgan fingerprint density at radius 3 is 2.68 bits per heavy atom. The number of benzene rings is 2. The number of tetrazole rings is 1. The summed E-state index contributed by atoms with van der Waals surface area (Å²) < 4.78 is 41.3. The standard InChI is InChI=1S/C22H25ClFN7O2S/c1-29-7-6-17(12-29)31-27-22(26-28-31)18-8-20-21(9-19(18)24)34(32,33)13-16(25)11-30(20)10-14-2-4-15(23)5-3-14/h2-5,8-9,16-17H,6-7,10-13,25H2,1H3/t16-,17+/m1/s1. The van der Waals surface area contributed by atoms with Crippen molar-refractivity contribution in [3.8, 4) is 11.4 Å². The molecule has 12 heteroatoms. The van der Waals surface area contributed by atoms with Gasteiger partial charge in [-0.25, -0.2) is 12.8 Å². The normalized spacial score (nSPS) is 22.5. The van der Waals surface area contributed by atoms with E-state index >= 15 is 4.39 Å². The van der Waals surface area contributed by atoms with Gasteiger partial charge in [0.05, 0.1) is 27.9 Å². The smallest absolute Gasteiger partial charge is 0.207 e. The van der Waals surface area contributed by atoms with E-state index in [0.717, 1.165) is 31.1 Å². The molecule has 0 amide bonds. The minimum absolute atomic E-state index is 0.0647. The molecule has 0 bridgehead atoms. The van der Waals surface area contributed by atoms with Crippen LogP contribution in [0.2, 0.25) is 5.02 Å². The summed E-state index contributed by atoms with van der Waals surface area (Å²) in [5, 5.41) is 13.2. The number of nitrogens with zero attached hydrogens (tertiary/aromatic N) is 6. The lowest BCUT2D eigenvalue weighted by Gasteiger charge is -2.26. The molecule has 3 heterocycles. The van der Waals surface area contributed by atoms with Crippen molar-refractivity contribution in [2.24, 2.45) is 5.73 Å². The molecule has 2 aliphatic rings. The number of rotatable bonds is 4. The molecule has 2 aromatic carbocycles. The molecule has 0 aliphatic carbocycles. The minimum atomic E-state index is -3.79. The van der Waals surface area contributed by atoms with E-state index in [2.05, 4.69) is 20.3 Å². The number of hydrogen-bond acceptors (Lipinski definition) is 8. The van der Waals surface area contributed by atoms with Crippen LogP contribution in [0.4, 0.5) is 10.1 Å². The third-order valence-electron chi connectivity index (χ3n) is 6.26. The first kappa shape index (κ1) is 23.2. The Balaban J connectivity index is 1.56. The van der Waals surface area contributed by atoms with Gasteiger partial charge in [0.15, 0.2) is 9.84 Å². The van der Waals surface area contributed by atoms with Gasteiger partial charge in [-0.1, -0.05) is 23.7 Å². The van der Waals surface area contributed by atoms with Crippen LogP contribution in [0.5, 0.6) is 0 Å². The highest BCUT2D eigenvalue weighted by Gasteiger charge is 2.33. The molecule has 34 heavy (non-hydrogen) atoms. The lowest BCUT2D eigenvalue weighted by molar-refractivity contribution is 0.360. The van der Waals surface area contributed by atoms with Gasteiger partial charge in [0.1, 0.15) is 5.82 Å². The van der Waals surface area contributed by atoms with Crippen LogP contribution in [-0.2, 0) is 16.4 Å². The topological polar surface area (TPSA) is 110 Å². The van der Waals surface area contributed by atoms with E-state index in [4.69, 9.17) is 17.3 Å². The Morgan fingerprint density at radius 1 is 1.21 bits per heavy atom. The predicted molar refractivity (Wildman–Crippen MR) is 127 cm³/mol. The van der Waals surface area contributed by atoms with E-state index in [1.54, 1.807) is 12.1 Å². The van der Waals surface area contributed by atoms with Gasteiger partial charge < -0.3 is 15.5 Å². The van der Waals surface area contributed by atoms with Gasteiger partial charge in [0.2, 0.25) is 5.82 Å². The number of likely N-dealkylation sites (tertiary alicyclic amines) is 1. The maximum Gasteiger partial charge on any atom is 0.207 e. The molecule has 0 saturated carbocycles. The van der Waals surface area contributed by atoms with Crippen molar-refractivity contribution in [3.63, 3.8) is 0 Å². The number of hydrogen-bond donors (Lipinski definition) is 1. The summed E-state index contributed by atoms with van der Waals surface area (Å²) >= 11 is 6.01. The maximum atomic E-state index is 15.2. The molecule has 2 atom stereocenters. The Bertz CT molecular complexity index is 1320. The zero-order valence-electron chi connectivity index (χ0n) is 18.6. The van der Waals surface area contributed by atoms with E-state index in [9.17, 15) is 8.42 Å². The molecule has 2 N–H and O–H groups in total. The van der Waals surface area contributed by atoms with Crippen molar-refractivity contribution < 1.29 is 12.8 Å². The van der Waals surface area contributed by atoms with Crippen molar-refractivity contribution in [2.45, 2.75) is 29.9 Å². The molecule has 180 valence electrons. The minimum Gasteiger partial charge on any atom is -0.365 e. The fourth-order valence-electron chi connectivity index (χ4n) is 4.56. The Morgan fingerprint density at radius 2 is 1.97 bits per heavy atom. The highest BCUT2D eigenvalue weighted by Crippen LogP contribution is 2.36. The molecule has 1 saturated heterocycles. The summed E-state index contributed by atoms with van der Waals surface area (Å²) in [5.41, 5.74) is 7.54. The monoisotopic (exact) mass is 505 g/mol. The largest absolute Gasteiger partial charge is 0.365 e. The Labute approximate surface area is 202 Å². The van der Waals surface area contributed by atoms with Gasteiger partial charge in [-0.15, -0.1) is 10.2 Å². The van der Waals surface area contributed by atoms with Crippen LogP contribution in [0, 0.1) is 5.82 Å². The second kappa shape index (κ2) is 8.88. The Kier molecular flexibility index (Phi) is 6.05. The van der Waals surface area contributed by atoms with Crippen molar-refractivity contribution in [1.29, 1.82) is 0 Å². The van der Waals surface area contributed by atoms with E-state index in [1.165, 1.54) is 10.9 Å². The van der Waals surface area contributed by atoms with Gasteiger partial charge in [-0.2, -0.15) is 4.80 Å². The average Bonchev–Trinajstić information content (AvgIpc) is 3.41. The molecule has 5 rings (SSSR count). The third kappa shape index (κ3) is 4.52. The lowest BCUT2D eigenvalue weighted by atomic mass is 10.1. The molecule has 1 fully saturated rings. The first-order chi connectivity index (χ1) is 16.2. The molecule has 3 aromatic rings. The first-order valence-corrected chi connectivity index (χ1v) is 13.0. The van der Waals surface area contributed by atoms with Crippen LogP contribution in [0.3, 0.4) is 0 Å². The number of aromatic nitrogens is 4. The van der Waals surface area contributed by atoms with Crippen LogP contribution in [0.25, 0.3) is 11.4 Å². The van der Waals surface area contributed by atoms with Gasteiger partial charge in [-0.05, 0) is 48.5 Å². The second-order valence-electron chi connectivity index (χ2n) is 8.99. The number of sulfone groups is 1. The summed E-state index contributed by atoms with van der Waals surface area (Å²) in [4.78, 5) is 5.45. The number of halogens is 2. The highest BCUT2D eigenvalue weighted by molar-refractivity contribution is 7.91. The molecule has 2 aliphatic heterocycles. The fraction of sp³-hybridized carbons (Fsp3) is 0.409. The molecule has 1 aromatic heterocycles. The summed E-state index contributed by atoms with van der Waals surface area (Å²) in [7, 11) is -1.77. The van der Waals surface area contributed by atoms with Gasteiger partial charge in [0.25, 0.3) is 0 Å². The predicted octanol–water partition coefficient (Wildman–Crippen LogP) is 2.13. The van der Waals surface area contributed by atoms with Crippen molar-refractivity contribution in [3.05, 3.63) is 52.8 Å².